The molecule has 2 atom stereocenters. The summed E-state index contributed by atoms with van der Waals surface area (Å²) in [5.74, 6) is -2.72. The van der Waals surface area contributed by atoms with Gasteiger partial charge in [0.15, 0.2) is 17.1 Å². The fraction of sp³-hybridized carbons (Fsp3) is 0.333. The summed E-state index contributed by atoms with van der Waals surface area (Å²) in [5, 5.41) is 4.89. The zero-order valence-electron chi connectivity index (χ0n) is 16.1. The van der Waals surface area contributed by atoms with Crippen LogP contribution in [0.3, 0.4) is 0 Å². The van der Waals surface area contributed by atoms with Crippen LogP contribution in [0, 0.1) is 11.6 Å². The predicted molar refractivity (Wildman–Crippen MR) is 97.2 cm³/mol. The Morgan fingerprint density at radius 3 is 2.00 bits per heavy atom. The smallest absolute Gasteiger partial charge is 0.413 e. The molecule has 1 fully saturated rings. The molecule has 4 N–H and O–H groups in total. The molecule has 2 aromatic carbocycles. The third kappa shape index (κ3) is 3.80. The van der Waals surface area contributed by atoms with E-state index in [2.05, 4.69) is 5.43 Å². The first-order valence-corrected chi connectivity index (χ1v) is 10.3. The molecule has 14 heteroatoms. The molecule has 0 saturated carbocycles. The van der Waals surface area contributed by atoms with Crippen molar-refractivity contribution in [2.45, 2.75) is 35.0 Å². The third-order valence-electron chi connectivity index (χ3n) is 5.30. The highest BCUT2D eigenvalue weighted by molar-refractivity contribution is 7.89. The summed E-state index contributed by atoms with van der Waals surface area (Å²) < 4.78 is 125. The summed E-state index contributed by atoms with van der Waals surface area (Å²) >= 11 is 0. The molecule has 3 rings (SSSR count). The van der Waals surface area contributed by atoms with E-state index in [9.17, 15) is 39.2 Å². The molecule has 176 valence electrons. The van der Waals surface area contributed by atoms with Gasteiger partial charge in [0.05, 0.1) is 12.6 Å². The number of halogens is 7. The zero-order valence-corrected chi connectivity index (χ0v) is 16.9. The molecule has 6 nitrogen and oxygen atoms in total. The molecule has 0 bridgehead atoms. The van der Waals surface area contributed by atoms with Crippen molar-refractivity contribution in [3.8, 4) is 5.75 Å². The number of methoxy groups -OCH3 is 1. The number of rotatable bonds is 5. The zero-order chi connectivity index (χ0) is 24.1. The number of primary sulfonamides is 1. The van der Waals surface area contributed by atoms with Crippen molar-refractivity contribution in [2.24, 2.45) is 5.14 Å². The average Bonchev–Trinajstić information content (AvgIpc) is 3.10. The van der Waals surface area contributed by atoms with Crippen molar-refractivity contribution in [1.29, 1.82) is 0 Å². The standard InChI is InChI=1S/C18H16F7N3O3S/c1-31-13-4-2-9(6-11(13)19)16(8-17(15(21)22,28-27-16)18(23,24)25)10-3-5-14(12(20)7-10)32(26,29)30/h2-7,15,27-28H,8H2,1H3,(H2,26,29,30). The average molecular weight is 487 g/mol. The van der Waals surface area contributed by atoms with E-state index >= 15 is 0 Å². The van der Waals surface area contributed by atoms with Gasteiger partial charge in [0, 0.05) is 6.42 Å². The molecule has 1 aliphatic heterocycles. The van der Waals surface area contributed by atoms with E-state index in [1.165, 1.54) is 0 Å². The molecule has 1 aliphatic rings. The first-order valence-electron chi connectivity index (χ1n) is 8.74. The lowest BCUT2D eigenvalue weighted by molar-refractivity contribution is -0.228. The number of nitrogens with two attached hydrogens (primary N) is 1. The lowest BCUT2D eigenvalue weighted by Crippen LogP contribution is -2.60. The molecule has 1 heterocycles. The molecule has 0 aliphatic carbocycles. The Bertz CT molecular complexity index is 1140. The summed E-state index contributed by atoms with van der Waals surface area (Å²) in [7, 11) is -3.39. The summed E-state index contributed by atoms with van der Waals surface area (Å²) in [4.78, 5) is -0.959. The van der Waals surface area contributed by atoms with Gasteiger partial charge in [-0.05, 0) is 35.4 Å². The van der Waals surface area contributed by atoms with E-state index in [0.29, 0.717) is 12.1 Å². The molecule has 32 heavy (non-hydrogen) atoms. The number of hydrogen-bond donors (Lipinski definition) is 3. The van der Waals surface area contributed by atoms with Gasteiger partial charge in [-0.3, -0.25) is 0 Å². The van der Waals surface area contributed by atoms with Crippen molar-refractivity contribution in [3.05, 3.63) is 59.2 Å². The Kier molecular flexibility index (Phi) is 5.95. The largest absolute Gasteiger partial charge is 0.494 e. The van der Waals surface area contributed by atoms with E-state index in [1.54, 1.807) is 5.43 Å². The van der Waals surface area contributed by atoms with E-state index in [4.69, 9.17) is 9.88 Å². The van der Waals surface area contributed by atoms with E-state index in [0.717, 1.165) is 31.4 Å². The molecule has 2 aromatic rings. The molecule has 0 amide bonds. The number of hydrazine groups is 1. The van der Waals surface area contributed by atoms with Crippen LogP contribution in [-0.4, -0.2) is 33.7 Å². The molecule has 0 spiro atoms. The SMILES string of the molecule is COc1ccc(C2(c3ccc(S(N)(=O)=O)c(F)c3)CC(C(F)F)(C(F)(F)F)NN2)cc1F. The maximum atomic E-state index is 14.5. The molecule has 1 saturated heterocycles. The molecule has 0 radical (unpaired) electrons. The summed E-state index contributed by atoms with van der Waals surface area (Å²) in [6.45, 7) is 0. The van der Waals surface area contributed by atoms with Crippen LogP contribution in [0.1, 0.15) is 17.5 Å². The summed E-state index contributed by atoms with van der Waals surface area (Å²) in [6, 6.07) is 5.03. The van der Waals surface area contributed by atoms with Crippen LogP contribution in [0.5, 0.6) is 5.75 Å². The van der Waals surface area contributed by atoms with Crippen molar-refractivity contribution in [2.75, 3.05) is 7.11 Å². The number of sulfonamides is 1. The summed E-state index contributed by atoms with van der Waals surface area (Å²) in [6.07, 6.45) is -10.9. The number of nitrogens with one attached hydrogen (secondary N) is 2. The van der Waals surface area contributed by atoms with Crippen LogP contribution in [0.4, 0.5) is 30.7 Å². The van der Waals surface area contributed by atoms with Crippen molar-refractivity contribution in [3.63, 3.8) is 0 Å². The quantitative estimate of drug-likeness (QED) is 0.564. The second-order valence-corrected chi connectivity index (χ2v) is 8.67. The van der Waals surface area contributed by atoms with Gasteiger partial charge in [0.25, 0.3) is 6.43 Å². The molecular weight excluding hydrogens is 471 g/mol. The van der Waals surface area contributed by atoms with Gasteiger partial charge in [-0.2, -0.15) is 13.2 Å². The monoisotopic (exact) mass is 487 g/mol. The predicted octanol–water partition coefficient (Wildman–Crippen LogP) is 2.93. The van der Waals surface area contributed by atoms with Crippen LogP contribution in [0.2, 0.25) is 0 Å². The number of ether oxygens (including phenoxy) is 1. The number of alkyl halides is 5. The van der Waals surface area contributed by atoms with Crippen molar-refractivity contribution in [1.82, 2.24) is 10.9 Å². The molecule has 2 unspecified atom stereocenters. The van der Waals surface area contributed by atoms with Crippen LogP contribution in [-0.2, 0) is 15.6 Å². The second kappa shape index (κ2) is 7.86. The minimum Gasteiger partial charge on any atom is -0.494 e. The minimum atomic E-state index is -5.47. The fourth-order valence-corrected chi connectivity index (χ4v) is 4.18. The highest BCUT2D eigenvalue weighted by Crippen LogP contribution is 2.50. The third-order valence-corrected chi connectivity index (χ3v) is 6.24. The van der Waals surface area contributed by atoms with Gasteiger partial charge in [-0.1, -0.05) is 12.1 Å². The van der Waals surface area contributed by atoms with Gasteiger partial charge in [-0.25, -0.2) is 42.0 Å². The van der Waals surface area contributed by atoms with Gasteiger partial charge in [0.1, 0.15) is 10.7 Å². The van der Waals surface area contributed by atoms with E-state index in [-0.39, 0.29) is 16.9 Å². The first kappa shape index (κ1) is 24.2. The van der Waals surface area contributed by atoms with Gasteiger partial charge < -0.3 is 4.74 Å². The lowest BCUT2D eigenvalue weighted by Gasteiger charge is -2.33. The van der Waals surface area contributed by atoms with E-state index in [1.807, 2.05) is 0 Å². The maximum absolute atomic E-state index is 14.5. The van der Waals surface area contributed by atoms with Gasteiger partial charge >= 0.3 is 6.18 Å². The Balaban J connectivity index is 2.27. The van der Waals surface area contributed by atoms with Crippen LogP contribution in [0.15, 0.2) is 41.3 Å². The minimum absolute atomic E-state index is 0.276. The maximum Gasteiger partial charge on any atom is 0.413 e. The second-order valence-electron chi connectivity index (χ2n) is 7.14. The summed E-state index contributed by atoms with van der Waals surface area (Å²) in [5.41, 5.74) is -2.99. The molecule has 0 aromatic heterocycles. The topological polar surface area (TPSA) is 93.5 Å². The number of benzene rings is 2. The van der Waals surface area contributed by atoms with Gasteiger partial charge in [-0.15, -0.1) is 0 Å². The van der Waals surface area contributed by atoms with Crippen molar-refractivity contribution >= 4 is 10.0 Å². The fourth-order valence-electron chi connectivity index (χ4n) is 3.60. The van der Waals surface area contributed by atoms with Gasteiger partial charge in [0.2, 0.25) is 10.0 Å². The normalized spacial score (nSPS) is 24.2. The highest BCUT2D eigenvalue weighted by Gasteiger charge is 2.68. The number of hydrogen-bond acceptors (Lipinski definition) is 5. The van der Waals surface area contributed by atoms with Crippen LogP contribution >= 0.6 is 0 Å². The Hall–Kier alpha value is -2.42. The van der Waals surface area contributed by atoms with Crippen molar-refractivity contribution < 1.29 is 43.9 Å². The Morgan fingerprint density at radius 1 is 1.03 bits per heavy atom. The lowest BCUT2D eigenvalue weighted by atomic mass is 9.75. The van der Waals surface area contributed by atoms with Crippen LogP contribution in [0.25, 0.3) is 0 Å². The Labute approximate surface area is 177 Å². The highest BCUT2D eigenvalue weighted by atomic mass is 32.2. The van der Waals surface area contributed by atoms with E-state index < -0.39 is 56.7 Å². The first-order chi connectivity index (χ1) is 14.7. The van der Waals surface area contributed by atoms with Crippen LogP contribution < -0.4 is 20.7 Å². The Morgan fingerprint density at radius 2 is 1.59 bits per heavy atom. The molecular formula is C18H16F7N3O3S.